The van der Waals surface area contributed by atoms with E-state index in [9.17, 15) is 9.50 Å². The van der Waals surface area contributed by atoms with Crippen molar-refractivity contribution in [2.45, 2.75) is 12.5 Å². The average Bonchev–Trinajstić information content (AvgIpc) is 2.11. The third-order valence-corrected chi connectivity index (χ3v) is 2.92. The van der Waals surface area contributed by atoms with Crippen molar-refractivity contribution in [2.24, 2.45) is 0 Å². The van der Waals surface area contributed by atoms with Crippen molar-refractivity contribution in [2.75, 3.05) is 13.2 Å². The Kier molecular flexibility index (Phi) is 2.26. The first-order valence-corrected chi connectivity index (χ1v) is 4.67. The molecule has 0 aliphatic carbocycles. The number of aryl methyl sites for hydroxylation is 1. The van der Waals surface area contributed by atoms with Gasteiger partial charge in [-0.25, -0.2) is 4.39 Å². The number of hydrogen-bond donors (Lipinski definition) is 1. The lowest BCUT2D eigenvalue weighted by Crippen LogP contribution is -2.47. The molecule has 0 bridgehead atoms. The maximum Gasteiger partial charge on any atom is 0.148 e. The molecule has 1 aliphatic heterocycles. The minimum atomic E-state index is -1.19. The van der Waals surface area contributed by atoms with Crippen LogP contribution in [0.25, 0.3) is 0 Å². The molecule has 14 heavy (non-hydrogen) atoms. The number of ether oxygens (including phenoxy) is 1. The molecule has 1 fully saturated rings. The molecule has 76 valence electrons. The summed E-state index contributed by atoms with van der Waals surface area (Å²) < 4.78 is 18.5. The van der Waals surface area contributed by atoms with Crippen LogP contribution in [0.5, 0.6) is 0 Å². The van der Waals surface area contributed by atoms with Gasteiger partial charge in [0.2, 0.25) is 0 Å². The largest absolute Gasteiger partial charge is 0.380 e. The van der Waals surface area contributed by atoms with E-state index in [1.54, 1.807) is 19.1 Å². The third kappa shape index (κ3) is 1.32. The highest BCUT2D eigenvalue weighted by Gasteiger charge is 2.40. The zero-order chi connectivity index (χ0) is 10.3. The zero-order valence-corrected chi connectivity index (χ0v) is 8.44. The fraction of sp³-hybridized carbons (Fsp3) is 0.400. The molecular formula is C10H10ClFO2. The lowest BCUT2D eigenvalue weighted by atomic mass is 9.91. The zero-order valence-electron chi connectivity index (χ0n) is 7.68. The Labute approximate surface area is 86.3 Å². The fourth-order valence-corrected chi connectivity index (χ4v) is 1.62. The quantitative estimate of drug-likeness (QED) is 0.778. The molecular weight excluding hydrogens is 207 g/mol. The molecule has 0 atom stereocenters. The van der Waals surface area contributed by atoms with E-state index in [1.807, 2.05) is 0 Å². The maximum absolute atomic E-state index is 13.6. The van der Waals surface area contributed by atoms with Gasteiger partial charge in [0.15, 0.2) is 0 Å². The summed E-state index contributed by atoms with van der Waals surface area (Å²) in [5.74, 6) is -0.544. The number of benzene rings is 1. The summed E-state index contributed by atoms with van der Waals surface area (Å²) in [6.07, 6.45) is 0. The second kappa shape index (κ2) is 3.19. The molecule has 1 aliphatic rings. The molecule has 4 heteroatoms. The van der Waals surface area contributed by atoms with E-state index in [0.29, 0.717) is 5.56 Å². The highest BCUT2D eigenvalue weighted by atomic mass is 35.5. The lowest BCUT2D eigenvalue weighted by molar-refractivity contribution is -0.186. The SMILES string of the molecule is Cc1ccc(C2(O)COC2)c(F)c1Cl. The molecule has 2 rings (SSSR count). The van der Waals surface area contributed by atoms with Crippen molar-refractivity contribution < 1.29 is 14.2 Å². The van der Waals surface area contributed by atoms with Crippen molar-refractivity contribution in [1.82, 2.24) is 0 Å². The van der Waals surface area contributed by atoms with Gasteiger partial charge >= 0.3 is 0 Å². The van der Waals surface area contributed by atoms with Crippen molar-refractivity contribution in [3.63, 3.8) is 0 Å². The molecule has 1 N–H and O–H groups in total. The van der Waals surface area contributed by atoms with E-state index in [2.05, 4.69) is 0 Å². The minimum Gasteiger partial charge on any atom is -0.380 e. The second-order valence-electron chi connectivity index (χ2n) is 3.58. The van der Waals surface area contributed by atoms with Gasteiger partial charge in [0.05, 0.1) is 18.2 Å². The third-order valence-electron chi connectivity index (χ3n) is 2.46. The maximum atomic E-state index is 13.6. The summed E-state index contributed by atoms with van der Waals surface area (Å²) in [4.78, 5) is 0. The van der Waals surface area contributed by atoms with Crippen LogP contribution in [0.4, 0.5) is 4.39 Å². The van der Waals surface area contributed by atoms with Gasteiger partial charge in [0.1, 0.15) is 11.4 Å². The molecule has 2 nitrogen and oxygen atoms in total. The van der Waals surface area contributed by atoms with E-state index in [0.717, 1.165) is 0 Å². The summed E-state index contributed by atoms with van der Waals surface area (Å²) in [6, 6.07) is 3.25. The van der Waals surface area contributed by atoms with E-state index >= 15 is 0 Å². The van der Waals surface area contributed by atoms with Crippen LogP contribution in [0.2, 0.25) is 5.02 Å². The van der Waals surface area contributed by atoms with E-state index in [4.69, 9.17) is 16.3 Å². The molecule has 1 saturated heterocycles. The van der Waals surface area contributed by atoms with Crippen molar-refractivity contribution >= 4 is 11.6 Å². The van der Waals surface area contributed by atoms with Crippen molar-refractivity contribution in [3.05, 3.63) is 34.1 Å². The predicted molar refractivity (Wildman–Crippen MR) is 50.9 cm³/mol. The van der Waals surface area contributed by atoms with Crippen molar-refractivity contribution in [3.8, 4) is 0 Å². The molecule has 0 amide bonds. The van der Waals surface area contributed by atoms with Crippen molar-refractivity contribution in [1.29, 1.82) is 0 Å². The van der Waals surface area contributed by atoms with Gasteiger partial charge in [-0.3, -0.25) is 0 Å². The molecule has 0 aromatic heterocycles. The fourth-order valence-electron chi connectivity index (χ4n) is 1.46. The van der Waals surface area contributed by atoms with Crippen LogP contribution in [-0.2, 0) is 10.3 Å². The first kappa shape index (κ1) is 9.90. The van der Waals surface area contributed by atoms with Gasteiger partial charge in [-0.2, -0.15) is 0 Å². The van der Waals surface area contributed by atoms with E-state index in [1.165, 1.54) is 0 Å². The van der Waals surface area contributed by atoms with E-state index < -0.39 is 11.4 Å². The van der Waals surface area contributed by atoms with Gasteiger partial charge in [-0.1, -0.05) is 23.7 Å². The number of aliphatic hydroxyl groups is 1. The smallest absolute Gasteiger partial charge is 0.148 e. The van der Waals surface area contributed by atoms with Gasteiger partial charge in [0.25, 0.3) is 0 Å². The molecule has 0 radical (unpaired) electrons. The minimum absolute atomic E-state index is 0.0721. The first-order chi connectivity index (χ1) is 6.54. The van der Waals surface area contributed by atoms with Gasteiger partial charge in [-0.15, -0.1) is 0 Å². The molecule has 1 aromatic rings. The summed E-state index contributed by atoms with van der Waals surface area (Å²) >= 11 is 5.74. The number of halogens is 2. The Balaban J connectivity index is 2.49. The lowest BCUT2D eigenvalue weighted by Gasteiger charge is -2.37. The van der Waals surface area contributed by atoms with Crippen LogP contribution >= 0.6 is 11.6 Å². The highest BCUT2D eigenvalue weighted by molar-refractivity contribution is 6.31. The monoisotopic (exact) mass is 216 g/mol. The summed E-state index contributed by atoms with van der Waals surface area (Å²) in [5, 5.41) is 9.93. The predicted octanol–water partition coefficient (Wildman–Crippen LogP) is 2.01. The Hall–Kier alpha value is -0.640. The molecule has 0 unspecified atom stereocenters. The van der Waals surface area contributed by atoms with Crippen LogP contribution < -0.4 is 0 Å². The standard InChI is InChI=1S/C10H10ClFO2/c1-6-2-3-7(9(12)8(6)11)10(13)4-14-5-10/h2-3,13H,4-5H2,1H3. The van der Waals surface area contributed by atoms with Gasteiger partial charge in [0, 0.05) is 5.56 Å². The topological polar surface area (TPSA) is 29.5 Å². The Bertz CT molecular complexity index is 375. The Morgan fingerprint density at radius 1 is 1.50 bits per heavy atom. The molecule has 0 spiro atoms. The second-order valence-corrected chi connectivity index (χ2v) is 3.96. The summed E-state index contributed by atoms with van der Waals surface area (Å²) in [5.41, 5.74) is -0.308. The van der Waals surface area contributed by atoms with E-state index in [-0.39, 0.29) is 23.8 Å². The number of rotatable bonds is 1. The normalized spacial score (nSPS) is 19.1. The summed E-state index contributed by atoms with van der Waals surface area (Å²) in [6.45, 7) is 1.98. The van der Waals surface area contributed by atoms with Crippen LogP contribution in [-0.4, -0.2) is 18.3 Å². The Morgan fingerprint density at radius 3 is 2.64 bits per heavy atom. The molecule has 1 aromatic carbocycles. The first-order valence-electron chi connectivity index (χ1n) is 4.30. The summed E-state index contributed by atoms with van der Waals surface area (Å²) in [7, 11) is 0. The Morgan fingerprint density at radius 2 is 2.14 bits per heavy atom. The van der Waals surface area contributed by atoms with Crippen LogP contribution in [0.3, 0.4) is 0 Å². The van der Waals surface area contributed by atoms with Crippen LogP contribution in [0.15, 0.2) is 12.1 Å². The average molecular weight is 217 g/mol. The molecule has 1 heterocycles. The van der Waals surface area contributed by atoms with Crippen LogP contribution in [0.1, 0.15) is 11.1 Å². The number of hydrogen-bond acceptors (Lipinski definition) is 2. The van der Waals surface area contributed by atoms with Crippen LogP contribution in [0, 0.1) is 12.7 Å². The van der Waals surface area contributed by atoms with Gasteiger partial charge < -0.3 is 9.84 Å². The van der Waals surface area contributed by atoms with Gasteiger partial charge in [-0.05, 0) is 12.5 Å². The molecule has 0 saturated carbocycles. The highest BCUT2D eigenvalue weighted by Crippen LogP contribution is 2.34.